The molecule has 1 aliphatic heterocycles. The van der Waals surface area contributed by atoms with Gasteiger partial charge in [0.05, 0.1) is 13.2 Å². The van der Waals surface area contributed by atoms with Crippen LogP contribution in [0.15, 0.2) is 53.0 Å². The van der Waals surface area contributed by atoms with Crippen LogP contribution in [0.25, 0.3) is 6.08 Å². The summed E-state index contributed by atoms with van der Waals surface area (Å²) in [5, 5.41) is 0.613. The van der Waals surface area contributed by atoms with E-state index in [1.54, 1.807) is 0 Å². The Morgan fingerprint density at radius 2 is 1.88 bits per heavy atom. The first-order valence-electron chi connectivity index (χ1n) is 8.59. The zero-order valence-electron chi connectivity index (χ0n) is 14.5. The van der Waals surface area contributed by atoms with Gasteiger partial charge in [-0.05, 0) is 42.9 Å². The maximum absolute atomic E-state index is 13.3. The molecule has 128 valence electrons. The minimum Gasteiger partial charge on any atom is -0.304 e. The van der Waals surface area contributed by atoms with E-state index in [4.69, 9.17) is 9.05 Å². The molecule has 1 saturated heterocycles. The normalized spacial score (nSPS) is 22.2. The Morgan fingerprint density at radius 1 is 1.17 bits per heavy atom. The van der Waals surface area contributed by atoms with Crippen molar-refractivity contribution in [2.45, 2.75) is 39.5 Å². The summed E-state index contributed by atoms with van der Waals surface area (Å²) >= 11 is 0. The largest absolute Gasteiger partial charge is 0.369 e. The van der Waals surface area contributed by atoms with Crippen LogP contribution in [0.4, 0.5) is 0 Å². The number of hydrogen-bond donors (Lipinski definition) is 0. The highest BCUT2D eigenvalue weighted by atomic mass is 31.2. The highest BCUT2D eigenvalue weighted by molar-refractivity contribution is 7.58. The molecule has 0 aromatic heterocycles. The summed E-state index contributed by atoms with van der Waals surface area (Å²) in [4.78, 5) is 0. The van der Waals surface area contributed by atoms with Gasteiger partial charge in [-0.3, -0.25) is 4.57 Å². The summed E-state index contributed by atoms with van der Waals surface area (Å²) in [5.74, 6) is 0. The lowest BCUT2D eigenvalue weighted by atomic mass is 9.97. The molecule has 3 nitrogen and oxygen atoms in total. The summed E-state index contributed by atoms with van der Waals surface area (Å²) in [6.45, 7) is 4.99. The molecule has 4 heteroatoms. The number of allylic oxidation sites excluding steroid dienone is 3. The Hall–Kier alpha value is -1.37. The second kappa shape index (κ2) is 7.25. The van der Waals surface area contributed by atoms with Crippen molar-refractivity contribution in [1.29, 1.82) is 0 Å². The predicted octanol–water partition coefficient (Wildman–Crippen LogP) is 5.95. The molecular weight excluding hydrogens is 319 g/mol. The van der Waals surface area contributed by atoms with Gasteiger partial charge in [0.25, 0.3) is 0 Å². The lowest BCUT2D eigenvalue weighted by molar-refractivity contribution is 0.0447. The van der Waals surface area contributed by atoms with Gasteiger partial charge < -0.3 is 9.05 Å². The zero-order valence-corrected chi connectivity index (χ0v) is 15.4. The quantitative estimate of drug-likeness (QED) is 0.502. The standard InChI is InChI=1S/C20H25O3P/c1-20(2)15-22-24(21,23-16-20)19(18-11-7-4-8-12-18)14-13-17-9-5-3-6-10-17/h3,5-6,9-11,13H,4,7-8,12,15-16H2,1-2H3. The number of rotatable bonds is 3. The predicted molar refractivity (Wildman–Crippen MR) is 97.8 cm³/mol. The second-order valence-corrected chi connectivity index (χ2v) is 9.19. The first-order chi connectivity index (χ1) is 11.5. The lowest BCUT2D eigenvalue weighted by Crippen LogP contribution is -2.29. The molecule has 0 spiro atoms. The van der Waals surface area contributed by atoms with Crippen molar-refractivity contribution in [1.82, 2.24) is 0 Å². The van der Waals surface area contributed by atoms with E-state index in [1.165, 1.54) is 6.42 Å². The molecule has 0 bridgehead atoms. The Bertz CT molecular complexity index is 711. The summed E-state index contributed by atoms with van der Waals surface area (Å²) < 4.78 is 24.9. The second-order valence-electron chi connectivity index (χ2n) is 7.23. The molecule has 0 saturated carbocycles. The monoisotopic (exact) mass is 344 g/mol. The molecule has 0 N–H and O–H groups in total. The van der Waals surface area contributed by atoms with E-state index in [9.17, 15) is 4.57 Å². The van der Waals surface area contributed by atoms with Crippen molar-refractivity contribution in [2.75, 3.05) is 13.2 Å². The van der Waals surface area contributed by atoms with Gasteiger partial charge in [-0.1, -0.05) is 50.3 Å². The van der Waals surface area contributed by atoms with Crippen LogP contribution >= 0.6 is 7.60 Å². The van der Waals surface area contributed by atoms with Crippen LogP contribution in [0.5, 0.6) is 0 Å². The average Bonchev–Trinajstić information content (AvgIpc) is 2.60. The smallest absolute Gasteiger partial charge is 0.304 e. The molecule has 24 heavy (non-hydrogen) atoms. The van der Waals surface area contributed by atoms with Gasteiger partial charge in [0, 0.05) is 5.41 Å². The van der Waals surface area contributed by atoms with Gasteiger partial charge in [0.15, 0.2) is 0 Å². The van der Waals surface area contributed by atoms with E-state index < -0.39 is 7.60 Å². The molecule has 3 rings (SSSR count). The van der Waals surface area contributed by atoms with Gasteiger partial charge in [-0.15, -0.1) is 5.73 Å². The van der Waals surface area contributed by atoms with E-state index in [0.29, 0.717) is 18.5 Å². The first kappa shape index (κ1) is 17.5. The summed E-state index contributed by atoms with van der Waals surface area (Å²) in [6, 6.07) is 9.93. The van der Waals surface area contributed by atoms with Gasteiger partial charge in [0.1, 0.15) is 5.31 Å². The van der Waals surface area contributed by atoms with Gasteiger partial charge >= 0.3 is 7.60 Å². The van der Waals surface area contributed by atoms with Crippen LogP contribution in [-0.2, 0) is 13.6 Å². The Kier molecular flexibility index (Phi) is 5.27. The Labute approximate surface area is 144 Å². The van der Waals surface area contributed by atoms with Crippen LogP contribution in [0.1, 0.15) is 45.1 Å². The van der Waals surface area contributed by atoms with E-state index in [-0.39, 0.29) is 5.41 Å². The van der Waals surface area contributed by atoms with Crippen LogP contribution in [0.3, 0.4) is 0 Å². The van der Waals surface area contributed by atoms with Crippen LogP contribution in [0, 0.1) is 5.41 Å². The van der Waals surface area contributed by atoms with Crippen LogP contribution in [-0.4, -0.2) is 13.2 Å². The van der Waals surface area contributed by atoms with E-state index in [2.05, 4.69) is 25.7 Å². The van der Waals surface area contributed by atoms with Crippen molar-refractivity contribution >= 4 is 13.7 Å². The molecule has 1 aromatic rings. The summed E-state index contributed by atoms with van der Waals surface area (Å²) in [7, 11) is -3.30. The topological polar surface area (TPSA) is 35.5 Å². The van der Waals surface area contributed by atoms with Gasteiger partial charge in [0.2, 0.25) is 0 Å². The third kappa shape index (κ3) is 4.18. The molecule has 0 unspecified atom stereocenters. The van der Waals surface area contributed by atoms with E-state index >= 15 is 0 Å². The first-order valence-corrected chi connectivity index (χ1v) is 10.1. The number of hydrogen-bond acceptors (Lipinski definition) is 3. The highest BCUT2D eigenvalue weighted by Crippen LogP contribution is 2.62. The molecule has 1 aromatic carbocycles. The molecule has 0 amide bonds. The van der Waals surface area contributed by atoms with Crippen molar-refractivity contribution in [3.05, 3.63) is 58.6 Å². The fraction of sp³-hybridized carbons (Fsp3) is 0.450. The minimum atomic E-state index is -3.30. The number of benzene rings is 1. The summed E-state index contributed by atoms with van der Waals surface area (Å²) in [6.07, 6.45) is 8.24. The molecule has 1 fully saturated rings. The van der Waals surface area contributed by atoms with Crippen molar-refractivity contribution in [2.24, 2.45) is 5.41 Å². The van der Waals surface area contributed by atoms with Crippen molar-refractivity contribution in [3.63, 3.8) is 0 Å². The fourth-order valence-corrected chi connectivity index (χ4v) is 4.98. The highest BCUT2D eigenvalue weighted by Gasteiger charge is 2.41. The molecule has 0 radical (unpaired) electrons. The lowest BCUT2D eigenvalue weighted by Gasteiger charge is -2.35. The van der Waals surface area contributed by atoms with Crippen molar-refractivity contribution in [3.8, 4) is 0 Å². The molecular formula is C20H25O3P. The SMILES string of the molecule is CC1(C)COP(=O)(C(=C=Cc2ccccc2)C2=CCCCC2)OC1. The van der Waals surface area contributed by atoms with Crippen LogP contribution in [0.2, 0.25) is 0 Å². The fourth-order valence-electron chi connectivity index (χ4n) is 2.83. The third-order valence-corrected chi connectivity index (χ3v) is 6.20. The zero-order chi connectivity index (χ0) is 17.0. The average molecular weight is 344 g/mol. The maximum atomic E-state index is 13.3. The third-order valence-electron chi connectivity index (χ3n) is 4.29. The molecule has 1 aliphatic carbocycles. The Balaban J connectivity index is 1.98. The van der Waals surface area contributed by atoms with Gasteiger partial charge in [-0.25, -0.2) is 0 Å². The van der Waals surface area contributed by atoms with E-state index in [1.807, 2.05) is 36.4 Å². The molecule has 0 atom stereocenters. The summed E-state index contributed by atoms with van der Waals surface area (Å²) in [5.41, 5.74) is 5.24. The van der Waals surface area contributed by atoms with Gasteiger partial charge in [-0.2, -0.15) is 0 Å². The minimum absolute atomic E-state index is 0.108. The maximum Gasteiger partial charge on any atom is 0.369 e. The molecule has 2 aliphatic rings. The van der Waals surface area contributed by atoms with E-state index in [0.717, 1.165) is 30.4 Å². The Morgan fingerprint density at radius 3 is 2.50 bits per heavy atom. The van der Waals surface area contributed by atoms with Crippen LogP contribution < -0.4 is 0 Å². The molecule has 1 heterocycles. The van der Waals surface area contributed by atoms with Crippen molar-refractivity contribution < 1.29 is 13.6 Å².